The van der Waals surface area contributed by atoms with Gasteiger partial charge in [-0.15, -0.1) is 11.3 Å². The van der Waals surface area contributed by atoms with Gasteiger partial charge in [0.1, 0.15) is 10.7 Å². The van der Waals surface area contributed by atoms with Crippen LogP contribution in [-0.4, -0.2) is 35.5 Å². The molecule has 0 radical (unpaired) electrons. The number of hydrogen-bond acceptors (Lipinski definition) is 5. The lowest BCUT2D eigenvalue weighted by Gasteiger charge is -2.33. The van der Waals surface area contributed by atoms with Crippen LogP contribution in [0.15, 0.2) is 29.1 Å². The molecule has 2 aromatic heterocycles. The van der Waals surface area contributed by atoms with Crippen LogP contribution >= 0.6 is 11.3 Å². The van der Waals surface area contributed by atoms with Crippen LogP contribution in [-0.2, 0) is 24.1 Å². The van der Waals surface area contributed by atoms with Crippen LogP contribution in [0.5, 0.6) is 0 Å². The molecule has 2 heterocycles. The summed E-state index contributed by atoms with van der Waals surface area (Å²) in [5.74, 6) is 1.22. The van der Waals surface area contributed by atoms with Crippen molar-refractivity contribution in [2.24, 2.45) is 11.3 Å². The van der Waals surface area contributed by atoms with Crippen molar-refractivity contribution in [3.05, 3.63) is 56.4 Å². The van der Waals surface area contributed by atoms with E-state index in [1.165, 1.54) is 21.7 Å². The van der Waals surface area contributed by atoms with E-state index in [4.69, 9.17) is 4.98 Å². The quantitative estimate of drug-likeness (QED) is 0.379. The van der Waals surface area contributed by atoms with E-state index in [2.05, 4.69) is 74.1 Å². The van der Waals surface area contributed by atoms with E-state index in [0.717, 1.165) is 49.0 Å². The summed E-state index contributed by atoms with van der Waals surface area (Å²) in [5.41, 5.74) is 3.87. The lowest BCUT2D eigenvalue weighted by molar-refractivity contribution is -0.121. The summed E-state index contributed by atoms with van der Waals surface area (Å²) in [7, 11) is 0. The van der Waals surface area contributed by atoms with Gasteiger partial charge in [-0.1, -0.05) is 32.9 Å². The molecule has 0 saturated heterocycles. The van der Waals surface area contributed by atoms with E-state index in [-0.39, 0.29) is 16.9 Å². The number of carbonyl (C=O) groups is 1. The molecular weight excluding hydrogens is 468 g/mol. The summed E-state index contributed by atoms with van der Waals surface area (Å²) >= 11 is 1.67. The Hall–Kier alpha value is -2.67. The van der Waals surface area contributed by atoms with Crippen molar-refractivity contribution in [3.8, 4) is 0 Å². The number of amides is 1. The number of hydrogen-bond donors (Lipinski definition) is 2. The molecule has 1 amide bonds. The van der Waals surface area contributed by atoms with Gasteiger partial charge < -0.3 is 15.2 Å². The number of thiophene rings is 1. The number of anilines is 1. The fraction of sp³-hybridized carbons (Fsp3) is 0.552. The van der Waals surface area contributed by atoms with Gasteiger partial charge in [0.05, 0.1) is 5.39 Å². The first-order valence-electron chi connectivity index (χ1n) is 13.3. The summed E-state index contributed by atoms with van der Waals surface area (Å²) in [6, 6.07) is 8.51. The van der Waals surface area contributed by atoms with Crippen molar-refractivity contribution < 1.29 is 4.79 Å². The third-order valence-electron chi connectivity index (χ3n) is 7.46. The minimum Gasteiger partial charge on any atom is -0.372 e. The fourth-order valence-corrected chi connectivity index (χ4v) is 6.52. The SMILES string of the molecule is CCN(CCCNC(=O)CCc1nc2sc3c(c2c(=O)[nH]1)CC[C@@H](C(C)(C)C)C3)c1cccc(C)c1. The second-order valence-corrected chi connectivity index (χ2v) is 12.2. The average Bonchev–Trinajstić information content (AvgIpc) is 3.20. The third-order valence-corrected chi connectivity index (χ3v) is 8.61. The topological polar surface area (TPSA) is 78.1 Å². The Kier molecular flexibility index (Phi) is 8.18. The second kappa shape index (κ2) is 11.2. The van der Waals surface area contributed by atoms with Gasteiger partial charge in [-0.2, -0.15) is 0 Å². The lowest BCUT2D eigenvalue weighted by atomic mass is 9.72. The van der Waals surface area contributed by atoms with Gasteiger partial charge in [-0.25, -0.2) is 4.98 Å². The van der Waals surface area contributed by atoms with Gasteiger partial charge in [-0.05, 0) is 74.1 Å². The molecule has 1 aliphatic rings. The molecule has 1 aromatic carbocycles. The molecule has 0 aliphatic heterocycles. The number of nitrogens with one attached hydrogen (secondary N) is 2. The Morgan fingerprint density at radius 2 is 2.11 bits per heavy atom. The zero-order valence-corrected chi connectivity index (χ0v) is 23.2. The second-order valence-electron chi connectivity index (χ2n) is 11.1. The molecular formula is C29H40N4O2S. The first kappa shape index (κ1) is 26.4. The number of rotatable bonds is 9. The molecule has 3 aromatic rings. The third kappa shape index (κ3) is 6.17. The summed E-state index contributed by atoms with van der Waals surface area (Å²) in [6.07, 6.45) is 4.73. The zero-order valence-electron chi connectivity index (χ0n) is 22.4. The van der Waals surface area contributed by atoms with Crippen molar-refractivity contribution in [1.82, 2.24) is 15.3 Å². The number of aryl methyl sites for hydroxylation is 3. The first-order chi connectivity index (χ1) is 17.2. The highest BCUT2D eigenvalue weighted by Crippen LogP contribution is 2.42. The summed E-state index contributed by atoms with van der Waals surface area (Å²) < 4.78 is 0. The molecule has 0 bridgehead atoms. The smallest absolute Gasteiger partial charge is 0.259 e. The van der Waals surface area contributed by atoms with Crippen molar-refractivity contribution in [1.29, 1.82) is 0 Å². The van der Waals surface area contributed by atoms with Crippen LogP contribution < -0.4 is 15.8 Å². The molecule has 6 nitrogen and oxygen atoms in total. The van der Waals surface area contributed by atoms with Gasteiger partial charge in [0, 0.05) is 43.0 Å². The number of fused-ring (bicyclic) bond motifs is 3. The highest BCUT2D eigenvalue weighted by Gasteiger charge is 2.31. The fourth-order valence-electron chi connectivity index (χ4n) is 5.20. The maximum Gasteiger partial charge on any atom is 0.259 e. The monoisotopic (exact) mass is 508 g/mol. The summed E-state index contributed by atoms with van der Waals surface area (Å²) in [6.45, 7) is 13.6. The maximum atomic E-state index is 12.9. The zero-order chi connectivity index (χ0) is 25.9. The molecule has 194 valence electrons. The van der Waals surface area contributed by atoms with Crippen LogP contribution in [0, 0.1) is 18.3 Å². The molecule has 2 N–H and O–H groups in total. The molecule has 1 aliphatic carbocycles. The summed E-state index contributed by atoms with van der Waals surface area (Å²) in [5, 5.41) is 3.79. The molecule has 0 unspecified atom stereocenters. The molecule has 0 saturated carbocycles. The number of nitrogens with zero attached hydrogens (tertiary/aromatic N) is 2. The standard InChI is InChI=1S/C29H40N4O2S/c1-6-33(21-10-7-9-19(2)17-21)16-8-15-30-25(34)14-13-24-31-27(35)26-22-12-11-20(29(3,4)5)18-23(22)36-28(26)32-24/h7,9-10,17,20H,6,8,11-16,18H2,1-5H3,(H,30,34)(H,31,32,35)/t20-/m1/s1. The number of aromatic amines is 1. The van der Waals surface area contributed by atoms with E-state index in [1.54, 1.807) is 11.3 Å². The molecule has 4 rings (SSSR count). The molecule has 1 atom stereocenters. The molecule has 0 fully saturated rings. The van der Waals surface area contributed by atoms with Gasteiger partial charge in [0.15, 0.2) is 0 Å². The largest absolute Gasteiger partial charge is 0.372 e. The highest BCUT2D eigenvalue weighted by molar-refractivity contribution is 7.18. The normalized spacial score (nSPS) is 15.6. The minimum atomic E-state index is -0.0575. The number of aromatic nitrogens is 2. The number of H-pyrrole nitrogens is 1. The Labute approximate surface area is 218 Å². The van der Waals surface area contributed by atoms with Crippen molar-refractivity contribution in [3.63, 3.8) is 0 Å². The van der Waals surface area contributed by atoms with Crippen LogP contribution in [0.2, 0.25) is 0 Å². The van der Waals surface area contributed by atoms with E-state index >= 15 is 0 Å². The van der Waals surface area contributed by atoms with Crippen molar-refractivity contribution in [2.75, 3.05) is 24.5 Å². The maximum absolute atomic E-state index is 12.9. The Bertz CT molecular complexity index is 1270. The first-order valence-corrected chi connectivity index (χ1v) is 14.1. The van der Waals surface area contributed by atoms with Crippen LogP contribution in [0.25, 0.3) is 10.2 Å². The Morgan fingerprint density at radius 1 is 1.31 bits per heavy atom. The van der Waals surface area contributed by atoms with Crippen LogP contribution in [0.4, 0.5) is 5.69 Å². The van der Waals surface area contributed by atoms with Crippen molar-refractivity contribution in [2.45, 2.75) is 73.1 Å². The van der Waals surface area contributed by atoms with E-state index in [1.807, 2.05) is 0 Å². The lowest BCUT2D eigenvalue weighted by Crippen LogP contribution is -2.30. The van der Waals surface area contributed by atoms with Gasteiger partial charge in [0.25, 0.3) is 5.56 Å². The average molecular weight is 509 g/mol. The Morgan fingerprint density at radius 3 is 2.83 bits per heavy atom. The van der Waals surface area contributed by atoms with Gasteiger partial charge in [0.2, 0.25) is 5.91 Å². The molecule has 0 spiro atoms. The van der Waals surface area contributed by atoms with Gasteiger partial charge >= 0.3 is 0 Å². The highest BCUT2D eigenvalue weighted by atomic mass is 32.1. The Balaban J connectivity index is 1.29. The predicted octanol–water partition coefficient (Wildman–Crippen LogP) is 5.41. The van der Waals surface area contributed by atoms with E-state index < -0.39 is 0 Å². The van der Waals surface area contributed by atoms with Crippen LogP contribution in [0.3, 0.4) is 0 Å². The summed E-state index contributed by atoms with van der Waals surface area (Å²) in [4.78, 5) is 37.5. The minimum absolute atomic E-state index is 0.00478. The number of benzene rings is 1. The van der Waals surface area contributed by atoms with Gasteiger partial charge in [-0.3, -0.25) is 9.59 Å². The van der Waals surface area contributed by atoms with Crippen LogP contribution in [0.1, 0.15) is 68.8 Å². The van der Waals surface area contributed by atoms with E-state index in [0.29, 0.717) is 31.1 Å². The van der Waals surface area contributed by atoms with Crippen molar-refractivity contribution >= 4 is 33.1 Å². The number of carbonyl (C=O) groups excluding carboxylic acids is 1. The predicted molar refractivity (Wildman–Crippen MR) is 150 cm³/mol. The van der Waals surface area contributed by atoms with E-state index in [9.17, 15) is 9.59 Å². The molecule has 7 heteroatoms. The molecule has 36 heavy (non-hydrogen) atoms.